The molecule has 1 aliphatic heterocycles. The molecule has 1 aliphatic rings. The van der Waals surface area contributed by atoms with Crippen LogP contribution in [-0.2, 0) is 6.42 Å². The maximum absolute atomic E-state index is 3.51. The van der Waals surface area contributed by atoms with Crippen LogP contribution in [0.3, 0.4) is 0 Å². The summed E-state index contributed by atoms with van der Waals surface area (Å²) in [5, 5.41) is 4.31. The average Bonchev–Trinajstić information content (AvgIpc) is 2.90. The lowest BCUT2D eigenvalue weighted by Gasteiger charge is -2.22. The first-order chi connectivity index (χ1) is 8.70. The zero-order valence-electron chi connectivity index (χ0n) is 11.8. The van der Waals surface area contributed by atoms with E-state index in [-0.39, 0.29) is 0 Å². The average molecular weight is 263 g/mol. The number of rotatable bonds is 5. The normalized spacial score (nSPS) is 21.4. The largest absolute Gasteiger partial charge is 0.316 e. The van der Waals surface area contributed by atoms with Gasteiger partial charge in [0.2, 0.25) is 0 Å². The summed E-state index contributed by atoms with van der Waals surface area (Å²) in [4.78, 5) is 0. The summed E-state index contributed by atoms with van der Waals surface area (Å²) < 4.78 is 0. The highest BCUT2D eigenvalue weighted by Gasteiger charge is 2.24. The summed E-state index contributed by atoms with van der Waals surface area (Å²) in [7, 11) is 2.10. The van der Waals surface area contributed by atoms with Gasteiger partial charge in [-0.15, -0.1) is 0 Å². The van der Waals surface area contributed by atoms with E-state index in [2.05, 4.69) is 62.2 Å². The van der Waals surface area contributed by atoms with Crippen LogP contribution in [0.1, 0.15) is 43.7 Å². The van der Waals surface area contributed by atoms with Crippen LogP contribution in [0.15, 0.2) is 24.3 Å². The molecule has 2 unspecified atom stereocenters. The highest BCUT2D eigenvalue weighted by molar-refractivity contribution is 8.00. The van der Waals surface area contributed by atoms with E-state index in [9.17, 15) is 0 Å². The zero-order chi connectivity index (χ0) is 13.0. The van der Waals surface area contributed by atoms with Crippen molar-refractivity contribution in [3.05, 3.63) is 35.4 Å². The van der Waals surface area contributed by atoms with Gasteiger partial charge in [-0.1, -0.05) is 38.1 Å². The van der Waals surface area contributed by atoms with E-state index >= 15 is 0 Å². The minimum atomic E-state index is 0.627. The monoisotopic (exact) mass is 263 g/mol. The zero-order valence-corrected chi connectivity index (χ0v) is 12.6. The maximum Gasteiger partial charge on any atom is 0.0223 e. The Morgan fingerprint density at radius 3 is 2.50 bits per heavy atom. The third-order valence-corrected chi connectivity index (χ3v) is 5.40. The minimum absolute atomic E-state index is 0.627. The molecule has 2 heteroatoms. The highest BCUT2D eigenvalue weighted by Crippen LogP contribution is 2.30. The maximum atomic E-state index is 3.51. The predicted molar refractivity (Wildman–Crippen MR) is 82.6 cm³/mol. The first-order valence-corrected chi connectivity index (χ1v) is 8.13. The number of benzene rings is 1. The minimum Gasteiger partial charge on any atom is -0.316 e. The van der Waals surface area contributed by atoms with Gasteiger partial charge in [-0.05, 0) is 49.1 Å². The van der Waals surface area contributed by atoms with Crippen molar-refractivity contribution in [1.82, 2.24) is 5.32 Å². The van der Waals surface area contributed by atoms with E-state index in [1.807, 2.05) is 0 Å². The molecule has 1 nitrogen and oxygen atoms in total. The fourth-order valence-corrected chi connectivity index (χ4v) is 4.07. The summed E-state index contributed by atoms with van der Waals surface area (Å²) in [6.45, 7) is 4.50. The smallest absolute Gasteiger partial charge is 0.0223 e. The highest BCUT2D eigenvalue weighted by atomic mass is 32.2. The Hall–Kier alpha value is -0.470. The molecule has 0 amide bonds. The van der Waals surface area contributed by atoms with Gasteiger partial charge in [0.15, 0.2) is 0 Å². The van der Waals surface area contributed by atoms with Crippen LogP contribution in [-0.4, -0.2) is 24.1 Å². The van der Waals surface area contributed by atoms with Gasteiger partial charge in [0.05, 0.1) is 0 Å². The Morgan fingerprint density at radius 1 is 1.28 bits per heavy atom. The van der Waals surface area contributed by atoms with Crippen LogP contribution >= 0.6 is 11.8 Å². The van der Waals surface area contributed by atoms with E-state index in [1.165, 1.54) is 29.7 Å². The molecule has 1 fully saturated rings. The molecule has 1 heterocycles. The fraction of sp³-hybridized carbons (Fsp3) is 0.625. The Kier molecular flexibility index (Phi) is 5.13. The second kappa shape index (κ2) is 6.63. The van der Waals surface area contributed by atoms with Crippen LogP contribution in [0.4, 0.5) is 0 Å². The van der Waals surface area contributed by atoms with Gasteiger partial charge < -0.3 is 5.32 Å². The lowest BCUT2D eigenvalue weighted by atomic mass is 9.97. The summed E-state index contributed by atoms with van der Waals surface area (Å²) in [5.74, 6) is 1.97. The molecule has 2 atom stereocenters. The molecular weight excluding hydrogens is 238 g/mol. The van der Waals surface area contributed by atoms with Gasteiger partial charge in [0.25, 0.3) is 0 Å². The molecule has 2 rings (SSSR count). The molecule has 18 heavy (non-hydrogen) atoms. The molecule has 0 saturated carbocycles. The first kappa shape index (κ1) is 14.0. The summed E-state index contributed by atoms with van der Waals surface area (Å²) in [6.07, 6.45) is 3.92. The summed E-state index contributed by atoms with van der Waals surface area (Å²) in [5.41, 5.74) is 2.90. The van der Waals surface area contributed by atoms with Crippen molar-refractivity contribution < 1.29 is 0 Å². The number of likely N-dealkylation sites (N-methyl/N-ethyl adjacent to an activating group) is 1. The summed E-state index contributed by atoms with van der Waals surface area (Å²) >= 11 is 2.14. The number of thioether (sulfide) groups is 1. The number of hydrogen-bond donors (Lipinski definition) is 1. The van der Waals surface area contributed by atoms with E-state index in [1.54, 1.807) is 0 Å². The third-order valence-electron chi connectivity index (χ3n) is 3.89. The first-order valence-electron chi connectivity index (χ1n) is 7.08. The van der Waals surface area contributed by atoms with Gasteiger partial charge in [0.1, 0.15) is 0 Å². The molecular formula is C16H25NS. The van der Waals surface area contributed by atoms with E-state index in [0.29, 0.717) is 12.0 Å². The van der Waals surface area contributed by atoms with Crippen molar-refractivity contribution in [3.8, 4) is 0 Å². The quantitative estimate of drug-likeness (QED) is 0.866. The molecule has 1 N–H and O–H groups in total. The lowest BCUT2D eigenvalue weighted by molar-refractivity contribution is 0.524. The Morgan fingerprint density at radius 2 is 2.00 bits per heavy atom. The van der Waals surface area contributed by atoms with Crippen LogP contribution < -0.4 is 5.32 Å². The van der Waals surface area contributed by atoms with E-state index < -0.39 is 0 Å². The number of hydrogen-bond acceptors (Lipinski definition) is 2. The Bertz CT molecular complexity index is 352. The van der Waals surface area contributed by atoms with Gasteiger partial charge >= 0.3 is 0 Å². The molecule has 0 bridgehead atoms. The van der Waals surface area contributed by atoms with Crippen molar-refractivity contribution in [2.75, 3.05) is 12.8 Å². The van der Waals surface area contributed by atoms with Crippen molar-refractivity contribution in [3.63, 3.8) is 0 Å². The van der Waals surface area contributed by atoms with Gasteiger partial charge in [-0.25, -0.2) is 0 Å². The molecule has 0 spiro atoms. The standard InChI is InChI=1S/C16H25NS/c1-12(2)14-8-6-13(7-9-14)11-15(17-3)16-5-4-10-18-16/h6-9,12,15-17H,4-5,10-11H2,1-3H3. The SMILES string of the molecule is CNC(Cc1ccc(C(C)C)cc1)C1CCCS1. The molecule has 0 aliphatic carbocycles. The van der Waals surface area contributed by atoms with Crippen LogP contribution in [0.25, 0.3) is 0 Å². The lowest BCUT2D eigenvalue weighted by Crippen LogP contribution is -2.36. The molecule has 1 aromatic carbocycles. The van der Waals surface area contributed by atoms with Gasteiger partial charge in [0, 0.05) is 11.3 Å². The van der Waals surface area contributed by atoms with Crippen LogP contribution in [0, 0.1) is 0 Å². The van der Waals surface area contributed by atoms with Crippen LogP contribution in [0.5, 0.6) is 0 Å². The molecule has 0 aromatic heterocycles. The predicted octanol–water partition coefficient (Wildman–Crippen LogP) is 3.84. The molecule has 100 valence electrons. The van der Waals surface area contributed by atoms with Crippen molar-refractivity contribution in [2.45, 2.75) is 50.3 Å². The Balaban J connectivity index is 1.98. The van der Waals surface area contributed by atoms with Gasteiger partial charge in [-0.3, -0.25) is 0 Å². The fourth-order valence-electron chi connectivity index (χ4n) is 2.63. The van der Waals surface area contributed by atoms with E-state index in [0.717, 1.165) is 11.7 Å². The van der Waals surface area contributed by atoms with E-state index in [4.69, 9.17) is 0 Å². The molecule has 0 radical (unpaired) electrons. The molecule has 1 aromatic rings. The van der Waals surface area contributed by atoms with Crippen molar-refractivity contribution >= 4 is 11.8 Å². The topological polar surface area (TPSA) is 12.0 Å². The van der Waals surface area contributed by atoms with Crippen molar-refractivity contribution in [1.29, 1.82) is 0 Å². The van der Waals surface area contributed by atoms with Crippen molar-refractivity contribution in [2.24, 2.45) is 0 Å². The second-order valence-electron chi connectivity index (χ2n) is 5.55. The molecule has 1 saturated heterocycles. The number of nitrogens with one attached hydrogen (secondary N) is 1. The second-order valence-corrected chi connectivity index (χ2v) is 6.89. The van der Waals surface area contributed by atoms with Crippen LogP contribution in [0.2, 0.25) is 0 Å². The Labute approximate surface area is 116 Å². The summed E-state index contributed by atoms with van der Waals surface area (Å²) in [6, 6.07) is 9.81. The van der Waals surface area contributed by atoms with Gasteiger partial charge in [-0.2, -0.15) is 11.8 Å². The third kappa shape index (κ3) is 3.52.